The van der Waals surface area contributed by atoms with Gasteiger partial charge >= 0.3 is 24.3 Å². The number of piperidine rings is 1. The van der Waals surface area contributed by atoms with Gasteiger partial charge in [0.1, 0.15) is 0 Å². The highest BCUT2D eigenvalue weighted by molar-refractivity contribution is 5.73. The SMILES string of the molecule is Cc1ccc(CN2CCCCC2CCCO)c(=O)[nH]1.O=C(O)C(F)(F)F.O=C(O)C(F)(F)F. The molecule has 1 atom stereocenters. The van der Waals surface area contributed by atoms with E-state index in [4.69, 9.17) is 24.9 Å². The van der Waals surface area contributed by atoms with Crippen LogP contribution in [0.2, 0.25) is 0 Å². The minimum absolute atomic E-state index is 0.0338. The number of carboxylic acid groups (broad SMARTS) is 2. The largest absolute Gasteiger partial charge is 0.490 e. The summed E-state index contributed by atoms with van der Waals surface area (Å²) in [6.07, 6.45) is -4.63. The van der Waals surface area contributed by atoms with Crippen LogP contribution >= 0.6 is 0 Å². The summed E-state index contributed by atoms with van der Waals surface area (Å²) in [6, 6.07) is 4.41. The topological polar surface area (TPSA) is 131 Å². The molecule has 1 fully saturated rings. The highest BCUT2D eigenvalue weighted by Crippen LogP contribution is 2.22. The monoisotopic (exact) mass is 492 g/mol. The van der Waals surface area contributed by atoms with Crippen molar-refractivity contribution in [2.45, 2.75) is 64.0 Å². The van der Waals surface area contributed by atoms with E-state index in [9.17, 15) is 31.1 Å². The van der Waals surface area contributed by atoms with Crippen molar-refractivity contribution in [3.05, 3.63) is 33.7 Å². The van der Waals surface area contributed by atoms with Gasteiger partial charge in [0, 0.05) is 30.5 Å². The first-order valence-corrected chi connectivity index (χ1v) is 9.73. The van der Waals surface area contributed by atoms with Crippen LogP contribution in [0, 0.1) is 6.92 Å². The van der Waals surface area contributed by atoms with Crippen LogP contribution < -0.4 is 5.56 Å². The molecule has 0 spiro atoms. The van der Waals surface area contributed by atoms with E-state index in [-0.39, 0.29) is 12.2 Å². The second-order valence-electron chi connectivity index (χ2n) is 7.09. The lowest BCUT2D eigenvalue weighted by Crippen LogP contribution is -2.40. The Morgan fingerprint density at radius 3 is 2.00 bits per heavy atom. The summed E-state index contributed by atoms with van der Waals surface area (Å²) >= 11 is 0. The van der Waals surface area contributed by atoms with Crippen molar-refractivity contribution < 1.29 is 51.3 Å². The summed E-state index contributed by atoms with van der Waals surface area (Å²) in [6.45, 7) is 3.95. The van der Waals surface area contributed by atoms with Crippen LogP contribution in [0.25, 0.3) is 0 Å². The number of carboxylic acids is 2. The summed E-state index contributed by atoms with van der Waals surface area (Å²) in [4.78, 5) is 35.0. The van der Waals surface area contributed by atoms with Gasteiger partial charge in [0.2, 0.25) is 0 Å². The standard InChI is InChI=1S/C15H24N2O2.2C2HF3O2/c1-12-7-8-13(15(19)16-12)11-17-9-3-2-5-14(17)6-4-10-18;2*3-2(4,5)1(6)7/h7-8,14,18H,2-6,9-11H2,1H3,(H,16,19);2*(H,6,7). The van der Waals surface area contributed by atoms with Gasteiger partial charge in [-0.3, -0.25) is 9.69 Å². The van der Waals surface area contributed by atoms with Crippen molar-refractivity contribution >= 4 is 11.9 Å². The Hall–Kier alpha value is -2.61. The van der Waals surface area contributed by atoms with Crippen molar-refractivity contribution in [3.8, 4) is 0 Å². The Labute approximate surface area is 184 Å². The van der Waals surface area contributed by atoms with E-state index < -0.39 is 24.3 Å². The van der Waals surface area contributed by atoms with Crippen LogP contribution in [0.5, 0.6) is 0 Å². The van der Waals surface area contributed by atoms with Crippen LogP contribution in [-0.2, 0) is 16.1 Å². The molecule has 2 rings (SSSR count). The third kappa shape index (κ3) is 12.9. The summed E-state index contributed by atoms with van der Waals surface area (Å²) < 4.78 is 63.5. The average molecular weight is 492 g/mol. The summed E-state index contributed by atoms with van der Waals surface area (Å²) in [5.74, 6) is -5.51. The molecule has 33 heavy (non-hydrogen) atoms. The van der Waals surface area contributed by atoms with Crippen LogP contribution in [0.4, 0.5) is 26.3 Å². The fourth-order valence-corrected chi connectivity index (χ4v) is 2.87. The quantitative estimate of drug-likeness (QED) is 0.465. The maximum absolute atomic E-state index is 11.9. The summed E-state index contributed by atoms with van der Waals surface area (Å²) in [5.41, 5.74) is 1.79. The van der Waals surface area contributed by atoms with E-state index >= 15 is 0 Å². The number of rotatable bonds is 5. The number of nitrogens with zero attached hydrogens (tertiary/aromatic N) is 1. The van der Waals surface area contributed by atoms with Crippen molar-refractivity contribution in [1.29, 1.82) is 0 Å². The molecule has 2 heterocycles. The zero-order valence-corrected chi connectivity index (χ0v) is 17.7. The van der Waals surface area contributed by atoms with Gasteiger partial charge in [-0.2, -0.15) is 26.3 Å². The number of H-pyrrole nitrogens is 1. The number of hydrogen-bond acceptors (Lipinski definition) is 5. The van der Waals surface area contributed by atoms with Crippen LogP contribution in [0.1, 0.15) is 43.4 Å². The number of aliphatic hydroxyl groups is 1. The number of carbonyl (C=O) groups is 2. The number of pyridine rings is 1. The Morgan fingerprint density at radius 2 is 1.58 bits per heavy atom. The van der Waals surface area contributed by atoms with E-state index in [1.54, 1.807) is 0 Å². The molecule has 14 heteroatoms. The lowest BCUT2D eigenvalue weighted by atomic mass is 9.97. The second-order valence-corrected chi connectivity index (χ2v) is 7.09. The fourth-order valence-electron chi connectivity index (χ4n) is 2.87. The van der Waals surface area contributed by atoms with Gasteiger partial charge in [0.25, 0.3) is 5.56 Å². The zero-order chi connectivity index (χ0) is 25.8. The number of hydrogen-bond donors (Lipinski definition) is 4. The zero-order valence-electron chi connectivity index (χ0n) is 17.7. The van der Waals surface area contributed by atoms with Gasteiger partial charge < -0.3 is 20.3 Å². The normalized spacial score (nSPS) is 16.7. The molecule has 0 aliphatic carbocycles. The van der Waals surface area contributed by atoms with Crippen molar-refractivity contribution in [1.82, 2.24) is 9.88 Å². The Kier molecular flexibility index (Phi) is 12.7. The first-order chi connectivity index (χ1) is 15.1. The number of nitrogens with one attached hydrogen (secondary N) is 1. The van der Waals surface area contributed by atoms with E-state index in [1.165, 1.54) is 19.3 Å². The van der Waals surface area contributed by atoms with Crippen molar-refractivity contribution in [3.63, 3.8) is 0 Å². The first kappa shape index (κ1) is 30.4. The Morgan fingerprint density at radius 1 is 1.06 bits per heavy atom. The van der Waals surface area contributed by atoms with Crippen molar-refractivity contribution in [2.75, 3.05) is 13.2 Å². The van der Waals surface area contributed by atoms with Gasteiger partial charge in [0.05, 0.1) is 0 Å². The third-order valence-electron chi connectivity index (χ3n) is 4.44. The molecule has 0 radical (unpaired) electrons. The number of alkyl halides is 6. The number of aromatic amines is 1. The predicted molar refractivity (Wildman–Crippen MR) is 104 cm³/mol. The molecule has 190 valence electrons. The molecule has 1 saturated heterocycles. The maximum Gasteiger partial charge on any atom is 0.490 e. The molecule has 1 aromatic rings. The molecule has 8 nitrogen and oxygen atoms in total. The van der Waals surface area contributed by atoms with E-state index in [1.807, 2.05) is 19.1 Å². The van der Waals surface area contributed by atoms with E-state index in [0.29, 0.717) is 6.04 Å². The number of likely N-dealkylation sites (tertiary alicyclic amines) is 1. The van der Waals surface area contributed by atoms with Crippen LogP contribution in [0.15, 0.2) is 16.9 Å². The molecule has 4 N–H and O–H groups in total. The fraction of sp³-hybridized carbons (Fsp3) is 0.632. The molecule has 0 saturated carbocycles. The molecule has 0 amide bonds. The van der Waals surface area contributed by atoms with Gasteiger partial charge in [-0.25, -0.2) is 9.59 Å². The van der Waals surface area contributed by atoms with E-state index in [2.05, 4.69) is 9.88 Å². The smallest absolute Gasteiger partial charge is 0.475 e. The molecule has 0 bridgehead atoms. The maximum atomic E-state index is 11.9. The van der Waals surface area contributed by atoms with E-state index in [0.717, 1.165) is 37.2 Å². The lowest BCUT2D eigenvalue weighted by molar-refractivity contribution is -0.193. The molecular weight excluding hydrogens is 466 g/mol. The van der Waals surface area contributed by atoms with Gasteiger partial charge in [-0.15, -0.1) is 0 Å². The predicted octanol–water partition coefficient (Wildman–Crippen LogP) is 3.08. The molecular formula is C19H26F6N2O6. The van der Waals surface area contributed by atoms with Crippen molar-refractivity contribution in [2.24, 2.45) is 0 Å². The average Bonchev–Trinajstić information content (AvgIpc) is 2.69. The van der Waals surface area contributed by atoms with Gasteiger partial charge in [-0.05, 0) is 45.2 Å². The highest BCUT2D eigenvalue weighted by atomic mass is 19.4. The number of aromatic nitrogens is 1. The first-order valence-electron chi connectivity index (χ1n) is 9.73. The van der Waals surface area contributed by atoms with Gasteiger partial charge in [-0.1, -0.05) is 12.5 Å². The van der Waals surface area contributed by atoms with Crippen LogP contribution in [-0.4, -0.2) is 68.7 Å². The van der Waals surface area contributed by atoms with Gasteiger partial charge in [0.15, 0.2) is 0 Å². The minimum atomic E-state index is -5.08. The number of aliphatic carboxylic acids is 2. The molecule has 1 aromatic heterocycles. The molecule has 0 aromatic carbocycles. The highest BCUT2D eigenvalue weighted by Gasteiger charge is 2.38. The number of aryl methyl sites for hydroxylation is 1. The number of halogens is 6. The molecule has 1 aliphatic heterocycles. The Bertz CT molecular complexity index is 785. The summed E-state index contributed by atoms with van der Waals surface area (Å²) in [5, 5.41) is 23.2. The Balaban J connectivity index is 0.000000605. The minimum Gasteiger partial charge on any atom is -0.475 e. The molecule has 1 aliphatic rings. The van der Waals surface area contributed by atoms with Crippen LogP contribution in [0.3, 0.4) is 0 Å². The number of aliphatic hydroxyl groups excluding tert-OH is 1. The molecule has 1 unspecified atom stereocenters. The summed E-state index contributed by atoms with van der Waals surface area (Å²) in [7, 11) is 0. The lowest BCUT2D eigenvalue weighted by Gasteiger charge is -2.35. The third-order valence-corrected chi connectivity index (χ3v) is 4.44. The second kappa shape index (κ2) is 13.8.